The molecule has 20 heavy (non-hydrogen) atoms. The van der Waals surface area contributed by atoms with Gasteiger partial charge in [0.15, 0.2) is 0 Å². The van der Waals surface area contributed by atoms with Gasteiger partial charge in [-0.1, -0.05) is 0 Å². The van der Waals surface area contributed by atoms with Gasteiger partial charge < -0.3 is 11.1 Å². The summed E-state index contributed by atoms with van der Waals surface area (Å²) in [5, 5.41) is 6.94. The van der Waals surface area contributed by atoms with Crippen molar-refractivity contribution in [1.82, 2.24) is 14.6 Å². The highest BCUT2D eigenvalue weighted by Gasteiger charge is 2.13. The number of amides is 1. The Morgan fingerprint density at radius 3 is 3.00 bits per heavy atom. The van der Waals surface area contributed by atoms with Crippen molar-refractivity contribution in [3.63, 3.8) is 0 Å². The van der Waals surface area contributed by atoms with Crippen molar-refractivity contribution < 1.29 is 4.79 Å². The number of rotatable bonds is 2. The summed E-state index contributed by atoms with van der Waals surface area (Å²) in [6.07, 6.45) is 6.44. The number of nitrogens with one attached hydrogen (secondary N) is 1. The first kappa shape index (κ1) is 12.2. The Kier molecular flexibility index (Phi) is 2.83. The number of hydrogen-bond acceptors (Lipinski definition) is 4. The van der Waals surface area contributed by atoms with Crippen molar-refractivity contribution in [2.24, 2.45) is 0 Å². The van der Waals surface area contributed by atoms with E-state index in [1.165, 1.54) is 6.20 Å². The monoisotopic (exact) mass is 267 g/mol. The molecule has 100 valence electrons. The van der Waals surface area contributed by atoms with Crippen molar-refractivity contribution in [2.45, 2.75) is 6.92 Å². The second-order valence-corrected chi connectivity index (χ2v) is 4.49. The molecule has 0 spiro atoms. The number of carbonyl (C=O) groups is 1. The smallest absolute Gasteiger partial charge is 0.259 e. The zero-order valence-corrected chi connectivity index (χ0v) is 10.9. The van der Waals surface area contributed by atoms with Gasteiger partial charge in [-0.15, -0.1) is 0 Å². The van der Waals surface area contributed by atoms with Gasteiger partial charge in [-0.3, -0.25) is 9.78 Å². The van der Waals surface area contributed by atoms with Gasteiger partial charge in [0, 0.05) is 23.8 Å². The first-order chi connectivity index (χ1) is 9.65. The number of aryl methyl sites for hydroxylation is 1. The van der Waals surface area contributed by atoms with Crippen LogP contribution in [0.3, 0.4) is 0 Å². The molecule has 0 saturated heterocycles. The minimum absolute atomic E-state index is 0.225. The zero-order valence-electron chi connectivity index (χ0n) is 10.9. The minimum Gasteiger partial charge on any atom is -0.399 e. The Morgan fingerprint density at radius 2 is 2.20 bits per heavy atom. The lowest BCUT2D eigenvalue weighted by atomic mass is 10.2. The highest BCUT2D eigenvalue weighted by molar-refractivity contribution is 6.08. The van der Waals surface area contributed by atoms with Crippen molar-refractivity contribution in [3.05, 3.63) is 54.1 Å². The molecule has 0 atom stereocenters. The number of benzene rings is 1. The van der Waals surface area contributed by atoms with Gasteiger partial charge in [-0.2, -0.15) is 5.10 Å². The van der Waals surface area contributed by atoms with Crippen LogP contribution in [0.25, 0.3) is 5.52 Å². The molecule has 0 aliphatic rings. The third kappa shape index (κ3) is 2.07. The van der Waals surface area contributed by atoms with Crippen LogP contribution in [-0.2, 0) is 0 Å². The molecule has 2 aromatic heterocycles. The van der Waals surface area contributed by atoms with Gasteiger partial charge in [0.25, 0.3) is 5.91 Å². The summed E-state index contributed by atoms with van der Waals surface area (Å²) >= 11 is 0. The summed E-state index contributed by atoms with van der Waals surface area (Å²) < 4.78 is 1.61. The standard InChI is InChI=1S/C14H13N5O/c1-9-6-10(2-3-12(9)15)18-14(20)11-7-17-19-5-4-16-8-13(11)19/h2-8H,15H2,1H3,(H,18,20). The van der Waals surface area contributed by atoms with E-state index in [1.807, 2.05) is 13.0 Å². The number of nitrogens with two attached hydrogens (primary N) is 1. The van der Waals surface area contributed by atoms with E-state index in [4.69, 9.17) is 5.73 Å². The predicted molar refractivity (Wildman–Crippen MR) is 76.5 cm³/mol. The molecule has 3 aromatic rings. The fourth-order valence-electron chi connectivity index (χ4n) is 1.96. The summed E-state index contributed by atoms with van der Waals surface area (Å²) in [7, 11) is 0. The van der Waals surface area contributed by atoms with E-state index in [9.17, 15) is 4.79 Å². The first-order valence-corrected chi connectivity index (χ1v) is 6.10. The van der Waals surface area contributed by atoms with Crippen LogP contribution >= 0.6 is 0 Å². The SMILES string of the molecule is Cc1cc(NC(=O)c2cnn3ccncc23)ccc1N. The maximum atomic E-state index is 12.3. The highest BCUT2D eigenvalue weighted by atomic mass is 16.1. The van der Waals surface area contributed by atoms with Gasteiger partial charge in [-0.05, 0) is 30.7 Å². The molecular formula is C14H13N5O. The summed E-state index contributed by atoms with van der Waals surface area (Å²) in [5.74, 6) is -0.225. The Balaban J connectivity index is 1.91. The number of carbonyl (C=O) groups excluding carboxylic acids is 1. The van der Waals surface area contributed by atoms with Crippen LogP contribution < -0.4 is 11.1 Å². The topological polar surface area (TPSA) is 85.3 Å². The molecule has 6 heteroatoms. The molecule has 0 bridgehead atoms. The summed E-state index contributed by atoms with van der Waals surface area (Å²) in [6, 6.07) is 5.37. The second kappa shape index (κ2) is 4.65. The fourth-order valence-corrected chi connectivity index (χ4v) is 1.96. The molecule has 0 aliphatic heterocycles. The van der Waals surface area contributed by atoms with E-state index in [0.717, 1.165) is 5.56 Å². The van der Waals surface area contributed by atoms with Crippen molar-refractivity contribution in [1.29, 1.82) is 0 Å². The van der Waals surface area contributed by atoms with Crippen molar-refractivity contribution >= 4 is 22.8 Å². The van der Waals surface area contributed by atoms with E-state index in [-0.39, 0.29) is 5.91 Å². The van der Waals surface area contributed by atoms with Gasteiger partial charge in [0.05, 0.1) is 23.5 Å². The van der Waals surface area contributed by atoms with Crippen LogP contribution in [0, 0.1) is 6.92 Å². The molecule has 0 fully saturated rings. The van der Waals surface area contributed by atoms with Gasteiger partial charge in [0.2, 0.25) is 0 Å². The molecule has 3 N–H and O–H groups in total. The Hall–Kier alpha value is -2.89. The Bertz CT molecular complexity index is 793. The lowest BCUT2D eigenvalue weighted by Gasteiger charge is -2.06. The number of fused-ring (bicyclic) bond motifs is 1. The number of nitrogens with zero attached hydrogens (tertiary/aromatic N) is 3. The average molecular weight is 267 g/mol. The molecule has 1 aromatic carbocycles. The fraction of sp³-hybridized carbons (Fsp3) is 0.0714. The Morgan fingerprint density at radius 1 is 1.35 bits per heavy atom. The lowest BCUT2D eigenvalue weighted by Crippen LogP contribution is -2.12. The highest BCUT2D eigenvalue weighted by Crippen LogP contribution is 2.18. The summed E-state index contributed by atoms with van der Waals surface area (Å²) in [6.45, 7) is 1.89. The number of nitrogen functional groups attached to an aromatic ring is 1. The van der Waals surface area contributed by atoms with Gasteiger partial charge >= 0.3 is 0 Å². The van der Waals surface area contributed by atoms with Crippen LogP contribution in [0.4, 0.5) is 11.4 Å². The maximum absolute atomic E-state index is 12.3. The molecule has 0 aliphatic carbocycles. The van der Waals surface area contributed by atoms with Gasteiger partial charge in [0.1, 0.15) is 0 Å². The molecule has 0 radical (unpaired) electrons. The van der Waals surface area contributed by atoms with Crippen LogP contribution in [0.1, 0.15) is 15.9 Å². The van der Waals surface area contributed by atoms with Crippen molar-refractivity contribution in [2.75, 3.05) is 11.1 Å². The summed E-state index contributed by atoms with van der Waals surface area (Å²) in [5.41, 5.74) is 9.21. The quantitative estimate of drug-likeness (QED) is 0.694. The number of anilines is 2. The van der Waals surface area contributed by atoms with E-state index in [1.54, 1.807) is 35.2 Å². The minimum atomic E-state index is -0.225. The number of aromatic nitrogens is 3. The van der Waals surface area contributed by atoms with E-state index < -0.39 is 0 Å². The zero-order chi connectivity index (χ0) is 14.1. The van der Waals surface area contributed by atoms with E-state index in [2.05, 4.69) is 15.4 Å². The maximum Gasteiger partial charge on any atom is 0.259 e. The van der Waals surface area contributed by atoms with Crippen LogP contribution in [0.15, 0.2) is 43.0 Å². The van der Waals surface area contributed by atoms with Crippen molar-refractivity contribution in [3.8, 4) is 0 Å². The first-order valence-electron chi connectivity index (χ1n) is 6.10. The molecule has 0 saturated carbocycles. The molecule has 3 rings (SSSR count). The molecule has 0 unspecified atom stereocenters. The van der Waals surface area contributed by atoms with Crippen LogP contribution in [0.2, 0.25) is 0 Å². The molecule has 6 nitrogen and oxygen atoms in total. The predicted octanol–water partition coefficient (Wildman–Crippen LogP) is 1.87. The Labute approximate surface area is 115 Å². The normalized spacial score (nSPS) is 10.7. The second-order valence-electron chi connectivity index (χ2n) is 4.49. The van der Waals surface area contributed by atoms with E-state index >= 15 is 0 Å². The number of hydrogen-bond donors (Lipinski definition) is 2. The summed E-state index contributed by atoms with van der Waals surface area (Å²) in [4.78, 5) is 16.3. The third-order valence-corrected chi connectivity index (χ3v) is 3.10. The average Bonchev–Trinajstić information content (AvgIpc) is 2.87. The molecular weight excluding hydrogens is 254 g/mol. The molecule has 2 heterocycles. The van der Waals surface area contributed by atoms with Gasteiger partial charge in [-0.25, -0.2) is 4.52 Å². The lowest BCUT2D eigenvalue weighted by molar-refractivity contribution is 0.102. The molecule has 1 amide bonds. The van der Waals surface area contributed by atoms with Crippen LogP contribution in [-0.4, -0.2) is 20.5 Å². The van der Waals surface area contributed by atoms with Crippen LogP contribution in [0.5, 0.6) is 0 Å². The van der Waals surface area contributed by atoms with E-state index in [0.29, 0.717) is 22.5 Å². The third-order valence-electron chi connectivity index (χ3n) is 3.10. The largest absolute Gasteiger partial charge is 0.399 e.